The van der Waals surface area contributed by atoms with Crippen molar-refractivity contribution < 1.29 is 24.2 Å². The van der Waals surface area contributed by atoms with Crippen molar-refractivity contribution in [1.82, 2.24) is 0 Å². The number of unbranched alkanes of at least 4 members (excludes halogenated alkanes) is 2. The molecule has 0 aliphatic rings. The minimum Gasteiger partial charge on any atom is -0.462 e. The zero-order chi connectivity index (χ0) is 26.6. The molecule has 0 saturated heterocycles. The summed E-state index contributed by atoms with van der Waals surface area (Å²) in [4.78, 5) is 22.6. The maximum atomic E-state index is 11.8. The van der Waals surface area contributed by atoms with Gasteiger partial charge in [-0.3, -0.25) is 0 Å². The van der Waals surface area contributed by atoms with Crippen LogP contribution >= 0.6 is 0 Å². The molecule has 3 aromatic carbocycles. The number of benzene rings is 3. The number of carboxylic acid groups (broad SMARTS) is 1. The normalized spacial score (nSPS) is 11.7. The van der Waals surface area contributed by atoms with Crippen molar-refractivity contribution in [2.24, 2.45) is 5.92 Å². The molecule has 0 aliphatic heterocycles. The minimum absolute atomic E-state index is 0.0461. The van der Waals surface area contributed by atoms with E-state index in [4.69, 9.17) is 14.6 Å². The Kier molecular flexibility index (Phi) is 10.8. The number of hydrogen-bond acceptors (Lipinski definition) is 4. The van der Waals surface area contributed by atoms with Gasteiger partial charge in [-0.25, -0.2) is 9.59 Å². The van der Waals surface area contributed by atoms with E-state index in [0.717, 1.165) is 30.2 Å². The lowest BCUT2D eigenvalue weighted by atomic mass is 9.96. The van der Waals surface area contributed by atoms with Crippen LogP contribution in [0.15, 0.2) is 72.8 Å². The van der Waals surface area contributed by atoms with E-state index in [2.05, 4.69) is 68.1 Å². The van der Waals surface area contributed by atoms with Crippen LogP contribution in [0.1, 0.15) is 55.4 Å². The topological polar surface area (TPSA) is 72.8 Å². The third kappa shape index (κ3) is 9.41. The Balaban J connectivity index is 1.60. The molecule has 0 bridgehead atoms. The summed E-state index contributed by atoms with van der Waals surface area (Å²) in [6.45, 7) is 7.41. The first-order chi connectivity index (χ1) is 17.8. The Morgan fingerprint density at radius 3 is 1.95 bits per heavy atom. The van der Waals surface area contributed by atoms with Gasteiger partial charge in [0.15, 0.2) is 0 Å². The second-order valence-electron chi connectivity index (χ2n) is 9.82. The molecule has 0 saturated carbocycles. The predicted molar refractivity (Wildman–Crippen MR) is 148 cm³/mol. The number of rotatable bonds is 14. The Labute approximate surface area is 220 Å². The fourth-order valence-corrected chi connectivity index (χ4v) is 4.37. The van der Waals surface area contributed by atoms with E-state index in [1.807, 2.05) is 6.07 Å². The maximum absolute atomic E-state index is 11.8. The van der Waals surface area contributed by atoms with Crippen LogP contribution < -0.4 is 0 Å². The van der Waals surface area contributed by atoms with Gasteiger partial charge in [0.25, 0.3) is 0 Å². The molecule has 0 radical (unpaired) electrons. The highest BCUT2D eigenvalue weighted by molar-refractivity contribution is 5.87. The van der Waals surface area contributed by atoms with Crippen LogP contribution in [0.25, 0.3) is 10.8 Å². The first-order valence-electron chi connectivity index (χ1n) is 13.1. The summed E-state index contributed by atoms with van der Waals surface area (Å²) >= 11 is 0. The summed E-state index contributed by atoms with van der Waals surface area (Å²) in [5.74, 6) is -0.775. The monoisotopic (exact) mass is 502 g/mol. The van der Waals surface area contributed by atoms with Crippen LogP contribution in [0.5, 0.6) is 0 Å². The van der Waals surface area contributed by atoms with Crippen LogP contribution in [0.4, 0.5) is 4.79 Å². The highest BCUT2D eigenvalue weighted by atomic mass is 16.7. The van der Waals surface area contributed by atoms with Crippen molar-refractivity contribution in [2.45, 2.75) is 58.8 Å². The van der Waals surface area contributed by atoms with Crippen molar-refractivity contribution in [1.29, 1.82) is 0 Å². The highest BCUT2D eigenvalue weighted by Crippen LogP contribution is 2.22. The van der Waals surface area contributed by atoms with E-state index in [9.17, 15) is 9.59 Å². The van der Waals surface area contributed by atoms with Gasteiger partial charge in [0.05, 0.1) is 6.61 Å². The Morgan fingerprint density at radius 2 is 1.32 bits per heavy atom. The van der Waals surface area contributed by atoms with Gasteiger partial charge in [-0.2, -0.15) is 0 Å². The Hall–Kier alpha value is -3.60. The zero-order valence-electron chi connectivity index (χ0n) is 22.0. The summed E-state index contributed by atoms with van der Waals surface area (Å²) in [5, 5.41) is 11.2. The first kappa shape index (κ1) is 28.0. The summed E-state index contributed by atoms with van der Waals surface area (Å²) in [7, 11) is 0. The Morgan fingerprint density at radius 1 is 0.784 bits per heavy atom. The van der Waals surface area contributed by atoms with Crippen LogP contribution in [0, 0.1) is 5.92 Å². The van der Waals surface area contributed by atoms with Crippen molar-refractivity contribution in [3.8, 4) is 0 Å². The maximum Gasteiger partial charge on any atom is 0.505 e. The van der Waals surface area contributed by atoms with Crippen LogP contribution in [0.3, 0.4) is 0 Å². The van der Waals surface area contributed by atoms with Crippen molar-refractivity contribution in [3.05, 3.63) is 95.1 Å². The standard InChI is InChI=1S/C32H38O5/c1-4-5-6-7-24-8-10-25(11-9-24)12-13-26-14-16-30-20-27(15-17-29(30)19-26)18-28(22-37-32(34)35)21-36-31(33)23(2)3/h8-11,14-17,19-20,28H,2,4-7,12-13,18,21-22H2,1,3H3,(H,34,35). The third-order valence-corrected chi connectivity index (χ3v) is 6.53. The second-order valence-corrected chi connectivity index (χ2v) is 9.82. The van der Waals surface area contributed by atoms with Crippen LogP contribution in [-0.2, 0) is 40.0 Å². The Bertz CT molecular complexity index is 1200. The van der Waals surface area contributed by atoms with E-state index >= 15 is 0 Å². The number of hydrogen-bond donors (Lipinski definition) is 1. The van der Waals surface area contributed by atoms with E-state index < -0.39 is 12.1 Å². The molecule has 1 unspecified atom stereocenters. The number of aryl methyl sites for hydroxylation is 3. The predicted octanol–water partition coefficient (Wildman–Crippen LogP) is 7.33. The lowest BCUT2D eigenvalue weighted by Crippen LogP contribution is -2.22. The number of fused-ring (bicyclic) bond motifs is 1. The fraction of sp³-hybridized carbons (Fsp3) is 0.375. The molecule has 3 rings (SSSR count). The largest absolute Gasteiger partial charge is 0.505 e. The number of ether oxygens (including phenoxy) is 2. The third-order valence-electron chi connectivity index (χ3n) is 6.53. The quantitative estimate of drug-likeness (QED) is 0.142. The average molecular weight is 503 g/mol. The van der Waals surface area contributed by atoms with Gasteiger partial charge in [-0.1, -0.05) is 87.0 Å². The number of carbonyl (C=O) groups excluding carboxylic acids is 1. The molecule has 0 amide bonds. The van der Waals surface area contributed by atoms with Gasteiger partial charge in [0, 0.05) is 11.5 Å². The van der Waals surface area contributed by atoms with E-state index in [0.29, 0.717) is 12.0 Å². The molecule has 1 atom stereocenters. The first-order valence-corrected chi connectivity index (χ1v) is 13.1. The molecular formula is C32H38O5. The van der Waals surface area contributed by atoms with Gasteiger partial charge >= 0.3 is 12.1 Å². The molecule has 0 aromatic heterocycles. The molecule has 3 aromatic rings. The molecule has 0 spiro atoms. The van der Waals surface area contributed by atoms with E-state index in [1.54, 1.807) is 6.92 Å². The molecule has 37 heavy (non-hydrogen) atoms. The van der Waals surface area contributed by atoms with Crippen molar-refractivity contribution in [3.63, 3.8) is 0 Å². The molecular weight excluding hydrogens is 464 g/mol. The number of carbonyl (C=O) groups is 2. The van der Waals surface area contributed by atoms with E-state index in [-0.39, 0.29) is 19.1 Å². The molecule has 0 heterocycles. The van der Waals surface area contributed by atoms with Gasteiger partial charge in [-0.15, -0.1) is 0 Å². The summed E-state index contributed by atoms with van der Waals surface area (Å²) < 4.78 is 10.0. The van der Waals surface area contributed by atoms with Crippen LogP contribution in [-0.4, -0.2) is 30.4 Å². The molecule has 0 aliphatic carbocycles. The smallest absolute Gasteiger partial charge is 0.462 e. The molecule has 5 nitrogen and oxygen atoms in total. The molecule has 5 heteroatoms. The van der Waals surface area contributed by atoms with Crippen molar-refractivity contribution >= 4 is 22.9 Å². The molecule has 0 fully saturated rings. The molecule has 1 N–H and O–H groups in total. The van der Waals surface area contributed by atoms with Gasteiger partial charge < -0.3 is 14.6 Å². The van der Waals surface area contributed by atoms with Crippen molar-refractivity contribution in [2.75, 3.05) is 13.2 Å². The van der Waals surface area contributed by atoms with Gasteiger partial charge in [0.2, 0.25) is 0 Å². The van der Waals surface area contributed by atoms with Gasteiger partial charge in [-0.05, 0) is 72.1 Å². The zero-order valence-corrected chi connectivity index (χ0v) is 22.0. The average Bonchev–Trinajstić information content (AvgIpc) is 2.89. The molecule has 196 valence electrons. The minimum atomic E-state index is -1.34. The summed E-state index contributed by atoms with van der Waals surface area (Å²) in [6, 6.07) is 21.8. The highest BCUT2D eigenvalue weighted by Gasteiger charge is 2.16. The summed E-state index contributed by atoms with van der Waals surface area (Å²) in [5.41, 5.74) is 5.41. The lowest BCUT2D eigenvalue weighted by Gasteiger charge is -2.17. The lowest BCUT2D eigenvalue weighted by molar-refractivity contribution is -0.140. The second kappa shape index (κ2) is 14.2. The van der Waals surface area contributed by atoms with Gasteiger partial charge in [0.1, 0.15) is 6.61 Å². The summed E-state index contributed by atoms with van der Waals surface area (Å²) in [6.07, 6.45) is 6.13. The SMILES string of the molecule is C=C(C)C(=O)OCC(COC(=O)O)Cc1ccc2cc(CCc3ccc(CCCCC)cc3)ccc2c1. The number of esters is 1. The van der Waals surface area contributed by atoms with Crippen LogP contribution in [0.2, 0.25) is 0 Å². The fourth-order valence-electron chi connectivity index (χ4n) is 4.37. The van der Waals surface area contributed by atoms with E-state index in [1.165, 1.54) is 41.3 Å².